The van der Waals surface area contributed by atoms with E-state index in [1.807, 2.05) is 0 Å². The highest BCUT2D eigenvalue weighted by Gasteiger charge is 2.17. The second kappa shape index (κ2) is 6.69. The van der Waals surface area contributed by atoms with Crippen molar-refractivity contribution in [2.45, 2.75) is 12.5 Å². The Hall–Kier alpha value is -1.63. The molecule has 1 heterocycles. The number of amides is 1. The summed E-state index contributed by atoms with van der Waals surface area (Å²) in [6, 6.07) is 4.19. The van der Waals surface area contributed by atoms with Crippen molar-refractivity contribution in [1.29, 1.82) is 0 Å². The largest absolute Gasteiger partial charge is 0.478 e. The van der Waals surface area contributed by atoms with Gasteiger partial charge in [0.25, 0.3) is 0 Å². The van der Waals surface area contributed by atoms with Gasteiger partial charge in [0.15, 0.2) is 0 Å². The van der Waals surface area contributed by atoms with Gasteiger partial charge in [-0.05, 0) is 18.2 Å². The summed E-state index contributed by atoms with van der Waals surface area (Å²) in [5, 5.41) is 15.0. The Labute approximate surface area is 121 Å². The monoisotopic (exact) mass is 298 g/mol. The molecule has 1 fully saturated rings. The molecule has 1 aromatic rings. The lowest BCUT2D eigenvalue weighted by atomic mass is 10.1. The number of hydrogen-bond acceptors (Lipinski definition) is 4. The average Bonchev–Trinajstić information content (AvgIpc) is 2.38. The summed E-state index contributed by atoms with van der Waals surface area (Å²) in [5.41, 5.74) is 0.406. The number of carboxylic acid groups (broad SMARTS) is 1. The molecule has 1 aromatic carbocycles. The molecule has 0 spiro atoms. The molecule has 108 valence electrons. The van der Waals surface area contributed by atoms with Crippen LogP contribution in [0.1, 0.15) is 16.8 Å². The number of carboxylic acids is 1. The van der Waals surface area contributed by atoms with Gasteiger partial charge in [0.05, 0.1) is 18.8 Å². The van der Waals surface area contributed by atoms with E-state index in [-0.39, 0.29) is 29.0 Å². The third-order valence-corrected chi connectivity index (χ3v) is 3.08. The number of nitrogens with one attached hydrogen (secondary N) is 2. The topological polar surface area (TPSA) is 87.7 Å². The maximum Gasteiger partial charge on any atom is 0.335 e. The van der Waals surface area contributed by atoms with Gasteiger partial charge >= 0.3 is 5.97 Å². The molecule has 0 saturated carbocycles. The zero-order valence-corrected chi connectivity index (χ0v) is 11.4. The molecule has 1 aliphatic rings. The molecule has 0 bridgehead atoms. The normalized spacial score (nSPS) is 18.6. The summed E-state index contributed by atoms with van der Waals surface area (Å²) in [4.78, 5) is 22.8. The van der Waals surface area contributed by atoms with E-state index in [1.54, 1.807) is 0 Å². The maximum absolute atomic E-state index is 11.9. The fraction of sp³-hybridized carbons (Fsp3) is 0.385. The predicted molar refractivity (Wildman–Crippen MR) is 74.3 cm³/mol. The number of rotatable bonds is 4. The van der Waals surface area contributed by atoms with Gasteiger partial charge in [-0.2, -0.15) is 0 Å². The van der Waals surface area contributed by atoms with Crippen molar-refractivity contribution in [1.82, 2.24) is 5.32 Å². The lowest BCUT2D eigenvalue weighted by Crippen LogP contribution is -2.43. The van der Waals surface area contributed by atoms with E-state index < -0.39 is 5.97 Å². The van der Waals surface area contributed by atoms with Crippen LogP contribution in [0.25, 0.3) is 0 Å². The van der Waals surface area contributed by atoms with Crippen molar-refractivity contribution < 1.29 is 19.4 Å². The van der Waals surface area contributed by atoms with Gasteiger partial charge < -0.3 is 20.5 Å². The summed E-state index contributed by atoms with van der Waals surface area (Å²) in [6.07, 6.45) is 0.259. The number of anilines is 1. The van der Waals surface area contributed by atoms with Crippen molar-refractivity contribution in [2.24, 2.45) is 0 Å². The van der Waals surface area contributed by atoms with E-state index in [2.05, 4.69) is 10.6 Å². The molecule has 20 heavy (non-hydrogen) atoms. The summed E-state index contributed by atoms with van der Waals surface area (Å²) < 4.78 is 5.26. The number of ether oxygens (including phenoxy) is 1. The molecule has 1 saturated heterocycles. The molecule has 0 aliphatic carbocycles. The molecule has 1 aliphatic heterocycles. The molecule has 0 radical (unpaired) electrons. The summed E-state index contributed by atoms with van der Waals surface area (Å²) in [6.45, 7) is 1.86. The lowest BCUT2D eigenvalue weighted by molar-refractivity contribution is -0.117. The predicted octanol–water partition coefficient (Wildman–Crippen LogP) is 1.36. The highest BCUT2D eigenvalue weighted by molar-refractivity contribution is 6.31. The first-order valence-corrected chi connectivity index (χ1v) is 6.57. The van der Waals surface area contributed by atoms with E-state index in [1.165, 1.54) is 18.2 Å². The van der Waals surface area contributed by atoms with Crippen LogP contribution < -0.4 is 10.6 Å². The van der Waals surface area contributed by atoms with Crippen LogP contribution in [-0.4, -0.2) is 42.8 Å². The molecule has 0 aromatic heterocycles. The second-order valence-electron chi connectivity index (χ2n) is 4.51. The Morgan fingerprint density at radius 3 is 2.90 bits per heavy atom. The van der Waals surface area contributed by atoms with Crippen LogP contribution in [-0.2, 0) is 9.53 Å². The van der Waals surface area contributed by atoms with Crippen molar-refractivity contribution in [2.75, 3.05) is 25.1 Å². The minimum atomic E-state index is -1.09. The van der Waals surface area contributed by atoms with Gasteiger partial charge in [-0.25, -0.2) is 4.79 Å². The molecule has 6 nitrogen and oxygen atoms in total. The number of halogens is 1. The minimum absolute atomic E-state index is 0.0260. The zero-order chi connectivity index (χ0) is 14.5. The van der Waals surface area contributed by atoms with Crippen molar-refractivity contribution in [3.63, 3.8) is 0 Å². The van der Waals surface area contributed by atoms with Crippen LogP contribution in [0.2, 0.25) is 5.02 Å². The van der Waals surface area contributed by atoms with Gasteiger partial charge in [0.1, 0.15) is 0 Å². The fourth-order valence-electron chi connectivity index (χ4n) is 1.97. The van der Waals surface area contributed by atoms with Gasteiger partial charge in [0, 0.05) is 29.7 Å². The van der Waals surface area contributed by atoms with Gasteiger partial charge in [-0.1, -0.05) is 11.6 Å². The Morgan fingerprint density at radius 1 is 1.45 bits per heavy atom. The quantitative estimate of drug-likeness (QED) is 0.781. The number of benzene rings is 1. The van der Waals surface area contributed by atoms with E-state index >= 15 is 0 Å². The smallest absolute Gasteiger partial charge is 0.335 e. The van der Waals surface area contributed by atoms with E-state index in [0.29, 0.717) is 18.9 Å². The summed E-state index contributed by atoms with van der Waals surface area (Å²) >= 11 is 5.82. The fourth-order valence-corrected chi connectivity index (χ4v) is 2.21. The van der Waals surface area contributed by atoms with E-state index in [4.69, 9.17) is 21.4 Å². The molecule has 1 amide bonds. The number of carbonyl (C=O) groups excluding carboxylic acids is 1. The van der Waals surface area contributed by atoms with Crippen LogP contribution in [0.5, 0.6) is 0 Å². The third-order valence-electron chi connectivity index (χ3n) is 2.86. The second-order valence-corrected chi connectivity index (χ2v) is 4.95. The third kappa shape index (κ3) is 4.19. The van der Waals surface area contributed by atoms with Gasteiger partial charge in [-0.15, -0.1) is 0 Å². The van der Waals surface area contributed by atoms with E-state index in [9.17, 15) is 9.59 Å². The standard InChI is InChI=1S/C13H15ClN2O4/c14-9-3-8(13(18)19)4-10(5-9)16-12(17)6-11-7-20-2-1-15-11/h3-5,11,15H,1-2,6-7H2,(H,16,17)(H,18,19). The number of morpholine rings is 1. The van der Waals surface area contributed by atoms with Crippen LogP contribution >= 0.6 is 11.6 Å². The van der Waals surface area contributed by atoms with Crippen molar-refractivity contribution >= 4 is 29.2 Å². The highest BCUT2D eigenvalue weighted by atomic mass is 35.5. The Kier molecular flexibility index (Phi) is 4.94. The highest BCUT2D eigenvalue weighted by Crippen LogP contribution is 2.19. The molecule has 7 heteroatoms. The van der Waals surface area contributed by atoms with Crippen LogP contribution in [0.3, 0.4) is 0 Å². The minimum Gasteiger partial charge on any atom is -0.478 e. The lowest BCUT2D eigenvalue weighted by Gasteiger charge is -2.23. The summed E-state index contributed by atoms with van der Waals surface area (Å²) in [7, 11) is 0. The maximum atomic E-state index is 11.9. The molecule has 1 unspecified atom stereocenters. The average molecular weight is 299 g/mol. The SMILES string of the molecule is O=C(CC1COCCN1)Nc1cc(Cl)cc(C(=O)O)c1. The van der Waals surface area contributed by atoms with Crippen LogP contribution in [0, 0.1) is 0 Å². The number of carbonyl (C=O) groups is 2. The molecule has 3 N–H and O–H groups in total. The van der Waals surface area contributed by atoms with E-state index in [0.717, 1.165) is 6.54 Å². The first-order chi connectivity index (χ1) is 9.54. The van der Waals surface area contributed by atoms with Gasteiger partial charge in [-0.3, -0.25) is 4.79 Å². The zero-order valence-electron chi connectivity index (χ0n) is 10.7. The molecule has 1 atom stereocenters. The van der Waals surface area contributed by atoms with Crippen molar-refractivity contribution in [3.05, 3.63) is 28.8 Å². The van der Waals surface area contributed by atoms with Crippen molar-refractivity contribution in [3.8, 4) is 0 Å². The molecule has 2 rings (SSSR count). The van der Waals surface area contributed by atoms with Gasteiger partial charge in [0.2, 0.25) is 5.91 Å². The number of aromatic carboxylic acids is 1. The molecular formula is C13H15ClN2O4. The summed E-state index contributed by atoms with van der Waals surface area (Å²) in [5.74, 6) is -1.31. The Bertz CT molecular complexity index is 515. The Morgan fingerprint density at radius 2 is 2.25 bits per heavy atom. The van der Waals surface area contributed by atoms with Crippen LogP contribution in [0.15, 0.2) is 18.2 Å². The molecular weight excluding hydrogens is 284 g/mol. The number of hydrogen-bond donors (Lipinski definition) is 3. The Balaban J connectivity index is 1.98. The first-order valence-electron chi connectivity index (χ1n) is 6.19. The van der Waals surface area contributed by atoms with Crippen LogP contribution in [0.4, 0.5) is 5.69 Å². The first kappa shape index (κ1) is 14.8.